The minimum Gasteiger partial charge on any atom is -0.492 e. The molecule has 0 amide bonds. The Hall–Kier alpha value is -1.75. The Morgan fingerprint density at radius 2 is 2.16 bits per heavy atom. The molecule has 0 saturated carbocycles. The highest BCUT2D eigenvalue weighted by atomic mass is 16.5. The Morgan fingerprint density at radius 1 is 1.42 bits per heavy atom. The van der Waals surface area contributed by atoms with E-state index in [0.29, 0.717) is 29.5 Å². The second-order valence-electron chi connectivity index (χ2n) is 4.58. The third-order valence-corrected chi connectivity index (χ3v) is 3.26. The maximum absolute atomic E-state index is 11.7. The third-order valence-electron chi connectivity index (χ3n) is 3.26. The van der Waals surface area contributed by atoms with E-state index in [2.05, 4.69) is 0 Å². The number of nitrogens with two attached hydrogens (primary N) is 1. The van der Waals surface area contributed by atoms with Crippen LogP contribution in [0, 0.1) is 5.92 Å². The van der Waals surface area contributed by atoms with Crippen molar-refractivity contribution in [1.82, 2.24) is 0 Å². The van der Waals surface area contributed by atoms with Gasteiger partial charge in [0.05, 0.1) is 13.7 Å². The van der Waals surface area contributed by atoms with Crippen molar-refractivity contribution >= 4 is 11.7 Å². The molecule has 0 radical (unpaired) electrons. The molecule has 1 aliphatic heterocycles. The third kappa shape index (κ3) is 3.38. The van der Waals surface area contributed by atoms with Gasteiger partial charge in [-0.25, -0.2) is 4.79 Å². The number of methoxy groups -OCH3 is 1. The molecule has 0 atom stereocenters. The van der Waals surface area contributed by atoms with E-state index in [1.54, 1.807) is 18.2 Å². The fraction of sp³-hybridized carbons (Fsp3) is 0.500. The SMILES string of the molecule is COC(=O)c1c(N)cccc1OCC1CCOCC1. The van der Waals surface area contributed by atoms with Crippen LogP contribution in [0.25, 0.3) is 0 Å². The van der Waals surface area contributed by atoms with Crippen LogP contribution >= 0.6 is 0 Å². The molecule has 1 fully saturated rings. The Labute approximate surface area is 112 Å². The summed E-state index contributed by atoms with van der Waals surface area (Å²) in [6.45, 7) is 2.11. The van der Waals surface area contributed by atoms with Crippen LogP contribution in [-0.2, 0) is 9.47 Å². The van der Waals surface area contributed by atoms with Gasteiger partial charge in [0, 0.05) is 18.9 Å². The van der Waals surface area contributed by atoms with E-state index in [4.69, 9.17) is 19.9 Å². The molecule has 0 bridgehead atoms. The van der Waals surface area contributed by atoms with Gasteiger partial charge in [-0.1, -0.05) is 6.07 Å². The van der Waals surface area contributed by atoms with Crippen molar-refractivity contribution in [2.24, 2.45) is 5.92 Å². The summed E-state index contributed by atoms with van der Waals surface area (Å²) in [5, 5.41) is 0. The predicted molar refractivity (Wildman–Crippen MR) is 71.2 cm³/mol. The Bertz CT molecular complexity index is 441. The van der Waals surface area contributed by atoms with Crippen LogP contribution in [0.5, 0.6) is 5.75 Å². The first-order valence-electron chi connectivity index (χ1n) is 6.39. The monoisotopic (exact) mass is 265 g/mol. The molecule has 1 aliphatic rings. The van der Waals surface area contributed by atoms with Crippen LogP contribution in [-0.4, -0.2) is 32.9 Å². The highest BCUT2D eigenvalue weighted by Gasteiger charge is 2.19. The molecule has 2 N–H and O–H groups in total. The van der Waals surface area contributed by atoms with Crippen LogP contribution in [0.1, 0.15) is 23.2 Å². The lowest BCUT2D eigenvalue weighted by Gasteiger charge is -2.22. The maximum atomic E-state index is 11.7. The van der Waals surface area contributed by atoms with E-state index in [0.717, 1.165) is 26.1 Å². The maximum Gasteiger partial charge on any atom is 0.343 e. The van der Waals surface area contributed by atoms with Crippen LogP contribution in [0.4, 0.5) is 5.69 Å². The van der Waals surface area contributed by atoms with Gasteiger partial charge in [-0.3, -0.25) is 0 Å². The van der Waals surface area contributed by atoms with Gasteiger partial charge >= 0.3 is 5.97 Å². The Balaban J connectivity index is 2.06. The van der Waals surface area contributed by atoms with E-state index in [1.165, 1.54) is 7.11 Å². The first-order valence-corrected chi connectivity index (χ1v) is 6.39. The molecule has 2 rings (SSSR count). The van der Waals surface area contributed by atoms with Crippen molar-refractivity contribution in [3.8, 4) is 5.75 Å². The molecule has 1 aromatic carbocycles. The van der Waals surface area contributed by atoms with Crippen molar-refractivity contribution in [3.63, 3.8) is 0 Å². The quantitative estimate of drug-likeness (QED) is 0.664. The van der Waals surface area contributed by atoms with Crippen LogP contribution in [0.2, 0.25) is 0 Å². The first-order chi connectivity index (χ1) is 9.22. The number of carbonyl (C=O) groups excluding carboxylic acids is 1. The number of anilines is 1. The summed E-state index contributed by atoms with van der Waals surface area (Å²) >= 11 is 0. The number of hydrogen-bond donors (Lipinski definition) is 1. The van der Waals surface area contributed by atoms with Gasteiger partial charge in [0.15, 0.2) is 0 Å². The molecule has 0 aliphatic carbocycles. The zero-order valence-electron chi connectivity index (χ0n) is 11.1. The molecule has 1 saturated heterocycles. The van der Waals surface area contributed by atoms with Gasteiger partial charge in [-0.05, 0) is 30.9 Å². The summed E-state index contributed by atoms with van der Waals surface area (Å²) in [6, 6.07) is 5.16. The fourth-order valence-electron chi connectivity index (χ4n) is 2.11. The number of rotatable bonds is 4. The minimum atomic E-state index is -0.472. The van der Waals surface area contributed by atoms with Gasteiger partial charge in [0.1, 0.15) is 11.3 Å². The van der Waals surface area contributed by atoms with E-state index in [-0.39, 0.29) is 0 Å². The van der Waals surface area contributed by atoms with Crippen molar-refractivity contribution in [1.29, 1.82) is 0 Å². The summed E-state index contributed by atoms with van der Waals surface area (Å²) < 4.78 is 15.8. The molecule has 5 nitrogen and oxygen atoms in total. The van der Waals surface area contributed by atoms with Crippen LogP contribution in [0.3, 0.4) is 0 Å². The lowest BCUT2D eigenvalue weighted by Crippen LogP contribution is -2.22. The Morgan fingerprint density at radius 3 is 2.84 bits per heavy atom. The Kier molecular flexibility index (Phi) is 4.63. The number of esters is 1. The zero-order chi connectivity index (χ0) is 13.7. The van der Waals surface area contributed by atoms with Crippen molar-refractivity contribution in [2.45, 2.75) is 12.8 Å². The van der Waals surface area contributed by atoms with E-state index in [9.17, 15) is 4.79 Å². The second-order valence-corrected chi connectivity index (χ2v) is 4.58. The molecule has 19 heavy (non-hydrogen) atoms. The molecule has 104 valence electrons. The second kappa shape index (κ2) is 6.43. The van der Waals surface area contributed by atoms with Crippen LogP contribution in [0.15, 0.2) is 18.2 Å². The minimum absolute atomic E-state index is 0.303. The van der Waals surface area contributed by atoms with Gasteiger partial charge in [-0.15, -0.1) is 0 Å². The molecule has 1 aromatic rings. The summed E-state index contributed by atoms with van der Waals surface area (Å²) in [5.41, 5.74) is 6.48. The summed E-state index contributed by atoms with van der Waals surface area (Å²) in [6.07, 6.45) is 1.96. The van der Waals surface area contributed by atoms with Crippen molar-refractivity contribution in [2.75, 3.05) is 32.7 Å². The molecule has 1 heterocycles. The number of hydrogen-bond acceptors (Lipinski definition) is 5. The summed E-state index contributed by atoms with van der Waals surface area (Å²) in [4.78, 5) is 11.7. The van der Waals surface area contributed by atoms with Crippen molar-refractivity contribution < 1.29 is 19.0 Å². The topological polar surface area (TPSA) is 70.8 Å². The number of ether oxygens (including phenoxy) is 3. The van der Waals surface area contributed by atoms with E-state index < -0.39 is 5.97 Å². The average Bonchev–Trinajstić information content (AvgIpc) is 2.45. The molecule has 0 spiro atoms. The fourth-order valence-corrected chi connectivity index (χ4v) is 2.11. The highest BCUT2D eigenvalue weighted by Crippen LogP contribution is 2.26. The number of nitrogen functional groups attached to an aromatic ring is 1. The van der Waals surface area contributed by atoms with Crippen LogP contribution < -0.4 is 10.5 Å². The smallest absolute Gasteiger partial charge is 0.343 e. The molecular formula is C14H19NO4. The van der Waals surface area contributed by atoms with Gasteiger partial charge < -0.3 is 19.9 Å². The standard InChI is InChI=1S/C14H19NO4/c1-17-14(16)13-11(15)3-2-4-12(13)19-9-10-5-7-18-8-6-10/h2-4,10H,5-9,15H2,1H3. The lowest BCUT2D eigenvalue weighted by molar-refractivity contribution is 0.0484. The van der Waals surface area contributed by atoms with Gasteiger partial charge in [0.2, 0.25) is 0 Å². The molecule has 0 aromatic heterocycles. The van der Waals surface area contributed by atoms with Gasteiger partial charge in [-0.2, -0.15) is 0 Å². The molecule has 5 heteroatoms. The van der Waals surface area contributed by atoms with Gasteiger partial charge in [0.25, 0.3) is 0 Å². The largest absolute Gasteiger partial charge is 0.492 e. The average molecular weight is 265 g/mol. The summed E-state index contributed by atoms with van der Waals surface area (Å²) in [7, 11) is 1.33. The molecule has 0 unspecified atom stereocenters. The van der Waals surface area contributed by atoms with E-state index >= 15 is 0 Å². The number of benzene rings is 1. The highest BCUT2D eigenvalue weighted by molar-refractivity contribution is 5.98. The predicted octanol–water partition coefficient (Wildman–Crippen LogP) is 1.86. The number of carbonyl (C=O) groups is 1. The normalized spacial score (nSPS) is 16.1. The lowest BCUT2D eigenvalue weighted by atomic mass is 10.0. The summed E-state index contributed by atoms with van der Waals surface area (Å²) in [5.74, 6) is 0.471. The van der Waals surface area contributed by atoms with Crippen molar-refractivity contribution in [3.05, 3.63) is 23.8 Å². The zero-order valence-corrected chi connectivity index (χ0v) is 11.1. The van der Waals surface area contributed by atoms with E-state index in [1.807, 2.05) is 0 Å². The first kappa shape index (κ1) is 13.7. The molecular weight excluding hydrogens is 246 g/mol.